The van der Waals surface area contributed by atoms with Crippen molar-refractivity contribution in [2.75, 3.05) is 37.1 Å². The maximum atomic E-state index is 12.3. The van der Waals surface area contributed by atoms with Gasteiger partial charge in [0.25, 0.3) is 5.91 Å². The summed E-state index contributed by atoms with van der Waals surface area (Å²) >= 11 is 0. The molecule has 29 heavy (non-hydrogen) atoms. The second kappa shape index (κ2) is 11.4. The van der Waals surface area contributed by atoms with Crippen LogP contribution < -0.4 is 24.8 Å². The number of hydrogen-bond acceptors (Lipinski definition) is 6. The van der Waals surface area contributed by atoms with E-state index in [2.05, 4.69) is 10.6 Å². The molecule has 0 saturated carbocycles. The average molecular weight is 402 g/mol. The summed E-state index contributed by atoms with van der Waals surface area (Å²) in [5, 5.41) is 5.35. The zero-order chi connectivity index (χ0) is 21.1. The Morgan fingerprint density at radius 1 is 0.828 bits per heavy atom. The minimum atomic E-state index is -0.556. The Bertz CT molecular complexity index is 825. The van der Waals surface area contributed by atoms with Gasteiger partial charge in [0.15, 0.2) is 6.61 Å². The largest absolute Gasteiger partial charge is 0.494 e. The second-order valence-corrected chi connectivity index (χ2v) is 5.73. The lowest BCUT2D eigenvalue weighted by molar-refractivity contribution is -0.118. The van der Waals surface area contributed by atoms with Crippen molar-refractivity contribution in [3.05, 3.63) is 42.5 Å². The lowest BCUT2D eigenvalue weighted by atomic mass is 10.2. The molecule has 156 valence electrons. The molecule has 2 rings (SSSR count). The van der Waals surface area contributed by atoms with Gasteiger partial charge in [-0.25, -0.2) is 4.79 Å². The maximum absolute atomic E-state index is 12.3. The van der Waals surface area contributed by atoms with Crippen molar-refractivity contribution >= 4 is 23.4 Å². The zero-order valence-electron chi connectivity index (χ0n) is 16.8. The van der Waals surface area contributed by atoms with Crippen LogP contribution in [0.25, 0.3) is 0 Å². The van der Waals surface area contributed by atoms with E-state index in [0.717, 1.165) is 0 Å². The summed E-state index contributed by atoms with van der Waals surface area (Å²) in [4.78, 5) is 23.8. The first-order chi connectivity index (χ1) is 14.0. The van der Waals surface area contributed by atoms with Gasteiger partial charge in [-0.1, -0.05) is 6.07 Å². The highest BCUT2D eigenvalue weighted by Gasteiger charge is 2.11. The molecule has 0 aliphatic carbocycles. The van der Waals surface area contributed by atoms with Crippen molar-refractivity contribution in [3.8, 4) is 17.2 Å². The zero-order valence-corrected chi connectivity index (χ0v) is 16.8. The van der Waals surface area contributed by atoms with E-state index in [9.17, 15) is 9.59 Å². The van der Waals surface area contributed by atoms with Gasteiger partial charge in [-0.3, -0.25) is 10.1 Å². The monoisotopic (exact) mass is 402 g/mol. The molecule has 0 fully saturated rings. The highest BCUT2D eigenvalue weighted by atomic mass is 16.5. The number of benzene rings is 2. The van der Waals surface area contributed by atoms with Crippen molar-refractivity contribution in [2.45, 2.75) is 20.8 Å². The fourth-order valence-electron chi connectivity index (χ4n) is 2.43. The topological polar surface area (TPSA) is 95.1 Å². The van der Waals surface area contributed by atoms with E-state index in [0.29, 0.717) is 41.8 Å². The van der Waals surface area contributed by atoms with Crippen LogP contribution in [0.2, 0.25) is 0 Å². The van der Waals surface area contributed by atoms with Crippen LogP contribution in [0.3, 0.4) is 0 Å². The maximum Gasteiger partial charge on any atom is 0.411 e. The summed E-state index contributed by atoms with van der Waals surface area (Å²) in [5.41, 5.74) is 1.01. The van der Waals surface area contributed by atoms with Gasteiger partial charge in [-0.15, -0.1) is 0 Å². The van der Waals surface area contributed by atoms with Crippen LogP contribution in [0.4, 0.5) is 16.2 Å². The molecule has 2 N–H and O–H groups in total. The number of amides is 2. The fourth-order valence-corrected chi connectivity index (χ4v) is 2.43. The van der Waals surface area contributed by atoms with Crippen molar-refractivity contribution in [3.63, 3.8) is 0 Å². The van der Waals surface area contributed by atoms with E-state index in [1.54, 1.807) is 49.4 Å². The van der Waals surface area contributed by atoms with Crippen LogP contribution in [0.1, 0.15) is 20.8 Å². The van der Waals surface area contributed by atoms with Gasteiger partial charge in [0.1, 0.15) is 17.2 Å². The first-order valence-electron chi connectivity index (χ1n) is 9.41. The van der Waals surface area contributed by atoms with Crippen LogP contribution in [0.5, 0.6) is 17.2 Å². The lowest BCUT2D eigenvalue weighted by Gasteiger charge is -2.14. The molecule has 0 atom stereocenters. The van der Waals surface area contributed by atoms with E-state index in [1.165, 1.54) is 0 Å². The van der Waals surface area contributed by atoms with E-state index in [1.807, 2.05) is 13.8 Å². The smallest absolute Gasteiger partial charge is 0.411 e. The van der Waals surface area contributed by atoms with Crippen molar-refractivity contribution in [2.24, 2.45) is 0 Å². The van der Waals surface area contributed by atoms with Crippen molar-refractivity contribution < 1.29 is 28.5 Å². The predicted molar refractivity (Wildman–Crippen MR) is 110 cm³/mol. The molecule has 8 nitrogen and oxygen atoms in total. The van der Waals surface area contributed by atoms with E-state index >= 15 is 0 Å². The summed E-state index contributed by atoms with van der Waals surface area (Å²) in [5.74, 6) is 1.25. The summed E-state index contributed by atoms with van der Waals surface area (Å²) in [6, 6.07) is 11.9. The van der Waals surface area contributed by atoms with Crippen LogP contribution in [0.15, 0.2) is 42.5 Å². The molecular formula is C21H26N2O6. The van der Waals surface area contributed by atoms with E-state index in [4.69, 9.17) is 18.9 Å². The standard InChI is InChI=1S/C21H26N2O6/c1-4-26-17-10-11-19(27-5-2)18(13-17)23-20(24)14-29-16-9-7-8-15(12-16)22-21(25)28-6-3/h7-13H,4-6,14H2,1-3H3,(H,22,25)(H,23,24). The predicted octanol–water partition coefficient (Wildman–Crippen LogP) is 4.07. The number of ether oxygens (including phenoxy) is 4. The molecular weight excluding hydrogens is 376 g/mol. The highest BCUT2D eigenvalue weighted by molar-refractivity contribution is 5.93. The molecule has 0 saturated heterocycles. The van der Waals surface area contributed by atoms with Gasteiger partial charge in [0.05, 0.1) is 25.5 Å². The summed E-state index contributed by atoms with van der Waals surface area (Å²) in [7, 11) is 0. The fraction of sp³-hybridized carbons (Fsp3) is 0.333. The van der Waals surface area contributed by atoms with Crippen LogP contribution in [0, 0.1) is 0 Å². The molecule has 0 spiro atoms. The van der Waals surface area contributed by atoms with Crippen LogP contribution in [-0.2, 0) is 9.53 Å². The number of anilines is 2. The molecule has 0 heterocycles. The molecule has 2 aromatic carbocycles. The summed E-state index contributed by atoms with van der Waals surface area (Å²) in [6.45, 7) is 6.51. The third-order valence-corrected chi connectivity index (χ3v) is 3.56. The number of carbonyl (C=O) groups is 2. The molecule has 0 bridgehead atoms. The third-order valence-electron chi connectivity index (χ3n) is 3.56. The van der Waals surface area contributed by atoms with Crippen molar-refractivity contribution in [1.82, 2.24) is 0 Å². The molecule has 0 aliphatic heterocycles. The average Bonchev–Trinajstić information content (AvgIpc) is 2.69. The Balaban J connectivity index is 1.97. The summed E-state index contributed by atoms with van der Waals surface area (Å²) in [6.07, 6.45) is -0.556. The quantitative estimate of drug-likeness (QED) is 0.622. The van der Waals surface area contributed by atoms with Gasteiger partial charge >= 0.3 is 6.09 Å². The molecule has 2 aromatic rings. The Kier molecular flexibility index (Phi) is 8.62. The number of hydrogen-bond donors (Lipinski definition) is 2. The van der Waals surface area contributed by atoms with Gasteiger partial charge < -0.3 is 24.3 Å². The molecule has 0 radical (unpaired) electrons. The molecule has 0 aromatic heterocycles. The van der Waals surface area contributed by atoms with Gasteiger partial charge in [-0.2, -0.15) is 0 Å². The Hall–Kier alpha value is -3.42. The minimum Gasteiger partial charge on any atom is -0.494 e. The van der Waals surface area contributed by atoms with Crippen LogP contribution >= 0.6 is 0 Å². The van der Waals surface area contributed by atoms with Crippen molar-refractivity contribution in [1.29, 1.82) is 0 Å². The molecule has 2 amide bonds. The minimum absolute atomic E-state index is 0.215. The van der Waals surface area contributed by atoms with E-state index in [-0.39, 0.29) is 19.1 Å². The van der Waals surface area contributed by atoms with Gasteiger partial charge in [0, 0.05) is 17.8 Å². The third kappa shape index (κ3) is 7.25. The number of nitrogens with one attached hydrogen (secondary N) is 2. The van der Waals surface area contributed by atoms with Gasteiger partial charge in [0.2, 0.25) is 0 Å². The normalized spacial score (nSPS) is 10.0. The summed E-state index contributed by atoms with van der Waals surface area (Å²) < 4.78 is 21.4. The Morgan fingerprint density at radius 3 is 2.31 bits per heavy atom. The van der Waals surface area contributed by atoms with E-state index < -0.39 is 6.09 Å². The SMILES string of the molecule is CCOC(=O)Nc1cccc(OCC(=O)Nc2cc(OCC)ccc2OCC)c1. The number of rotatable bonds is 10. The molecule has 0 unspecified atom stereocenters. The highest BCUT2D eigenvalue weighted by Crippen LogP contribution is 2.29. The molecule has 0 aliphatic rings. The Labute approximate surface area is 170 Å². The first kappa shape index (κ1) is 21.9. The Morgan fingerprint density at radius 2 is 1.59 bits per heavy atom. The first-order valence-corrected chi connectivity index (χ1v) is 9.41. The number of carbonyl (C=O) groups excluding carboxylic acids is 2. The van der Waals surface area contributed by atoms with Gasteiger partial charge in [-0.05, 0) is 45.0 Å². The second-order valence-electron chi connectivity index (χ2n) is 5.73. The lowest BCUT2D eigenvalue weighted by Crippen LogP contribution is -2.20. The van der Waals surface area contributed by atoms with Crippen LogP contribution in [-0.4, -0.2) is 38.4 Å². The molecule has 8 heteroatoms.